The minimum absolute atomic E-state index is 0.0452. The summed E-state index contributed by atoms with van der Waals surface area (Å²) in [4.78, 5) is 0. The number of hydrogen-bond donors (Lipinski definition) is 3. The summed E-state index contributed by atoms with van der Waals surface area (Å²) in [6, 6.07) is 21.0. The SMILES string of the molecule is OCc1ccc(OP(Oc2ccc(CO)cc2)Oc2ccc(CO)cc2)cc1. The van der Waals surface area contributed by atoms with Crippen LogP contribution in [0.1, 0.15) is 16.7 Å². The molecule has 0 aromatic heterocycles. The van der Waals surface area contributed by atoms with Gasteiger partial charge in [0.25, 0.3) is 0 Å². The van der Waals surface area contributed by atoms with E-state index in [1.807, 2.05) is 0 Å². The molecule has 0 spiro atoms. The second kappa shape index (κ2) is 10.1. The minimum Gasteiger partial charge on any atom is -0.409 e. The molecule has 0 atom stereocenters. The Kier molecular flexibility index (Phi) is 7.23. The molecule has 3 aromatic rings. The van der Waals surface area contributed by atoms with E-state index in [9.17, 15) is 0 Å². The molecule has 0 aliphatic carbocycles. The average molecular weight is 400 g/mol. The van der Waals surface area contributed by atoms with Crippen molar-refractivity contribution >= 4 is 8.60 Å². The van der Waals surface area contributed by atoms with Gasteiger partial charge in [-0.25, -0.2) is 0 Å². The molecule has 3 rings (SSSR count). The van der Waals surface area contributed by atoms with E-state index in [0.29, 0.717) is 17.2 Å². The summed E-state index contributed by atoms with van der Waals surface area (Å²) >= 11 is 0. The Morgan fingerprint density at radius 3 is 0.929 bits per heavy atom. The highest BCUT2D eigenvalue weighted by molar-refractivity contribution is 7.43. The van der Waals surface area contributed by atoms with Gasteiger partial charge in [-0.3, -0.25) is 0 Å². The van der Waals surface area contributed by atoms with Gasteiger partial charge in [0.1, 0.15) is 17.2 Å². The van der Waals surface area contributed by atoms with Crippen LogP contribution >= 0.6 is 8.60 Å². The van der Waals surface area contributed by atoms with E-state index in [1.54, 1.807) is 72.8 Å². The van der Waals surface area contributed by atoms with Gasteiger partial charge >= 0.3 is 8.60 Å². The Balaban J connectivity index is 1.76. The topological polar surface area (TPSA) is 88.4 Å². The van der Waals surface area contributed by atoms with Crippen LogP contribution in [0.25, 0.3) is 0 Å². The van der Waals surface area contributed by atoms with Gasteiger partial charge in [-0.1, -0.05) is 36.4 Å². The first kappa shape index (κ1) is 20.1. The van der Waals surface area contributed by atoms with Crippen LogP contribution in [0, 0.1) is 0 Å². The van der Waals surface area contributed by atoms with Crippen LogP contribution in [-0.2, 0) is 19.8 Å². The average Bonchev–Trinajstić information content (AvgIpc) is 2.75. The van der Waals surface area contributed by atoms with Gasteiger partial charge in [-0.05, 0) is 53.1 Å². The highest BCUT2D eigenvalue weighted by atomic mass is 31.2. The number of rotatable bonds is 9. The van der Waals surface area contributed by atoms with Crippen molar-refractivity contribution in [3.8, 4) is 17.2 Å². The highest BCUT2D eigenvalue weighted by Gasteiger charge is 2.20. The molecule has 0 amide bonds. The Morgan fingerprint density at radius 1 is 0.464 bits per heavy atom. The van der Waals surface area contributed by atoms with E-state index in [0.717, 1.165) is 16.7 Å². The van der Waals surface area contributed by atoms with Crippen molar-refractivity contribution in [1.82, 2.24) is 0 Å². The van der Waals surface area contributed by atoms with E-state index < -0.39 is 8.60 Å². The lowest BCUT2D eigenvalue weighted by Crippen LogP contribution is -2.02. The van der Waals surface area contributed by atoms with E-state index in [1.165, 1.54) is 0 Å². The molecule has 0 fully saturated rings. The molecule has 0 aliphatic heterocycles. The lowest BCUT2D eigenvalue weighted by molar-refractivity contribution is 0.281. The fourth-order valence-electron chi connectivity index (χ4n) is 2.28. The van der Waals surface area contributed by atoms with Crippen molar-refractivity contribution in [2.75, 3.05) is 0 Å². The van der Waals surface area contributed by atoms with Crippen molar-refractivity contribution in [2.45, 2.75) is 19.8 Å². The molecule has 0 unspecified atom stereocenters. The maximum Gasteiger partial charge on any atom is 0.530 e. The first-order chi connectivity index (χ1) is 13.7. The Bertz CT molecular complexity index is 732. The summed E-state index contributed by atoms with van der Waals surface area (Å²) in [6.07, 6.45) is 0. The molecule has 7 heteroatoms. The molecule has 6 nitrogen and oxygen atoms in total. The van der Waals surface area contributed by atoms with E-state index in [-0.39, 0.29) is 19.8 Å². The molecule has 0 radical (unpaired) electrons. The summed E-state index contributed by atoms with van der Waals surface area (Å²) in [7, 11) is -1.82. The first-order valence-corrected chi connectivity index (χ1v) is 9.73. The molecule has 0 saturated heterocycles. The van der Waals surface area contributed by atoms with Gasteiger partial charge in [0, 0.05) is 0 Å². The van der Waals surface area contributed by atoms with Crippen LogP contribution < -0.4 is 13.6 Å². The minimum atomic E-state index is -1.82. The fraction of sp³-hybridized carbons (Fsp3) is 0.143. The standard InChI is InChI=1S/C21H21O6P/c22-13-16-1-7-19(8-2-16)25-28(26-20-9-3-17(14-23)4-10-20)27-21-11-5-18(15-24)6-12-21/h1-12,22-24H,13-15H2. The lowest BCUT2D eigenvalue weighted by atomic mass is 10.2. The predicted octanol–water partition coefficient (Wildman–Crippen LogP) is 3.93. The third-order valence-corrected chi connectivity index (χ3v) is 4.94. The maximum absolute atomic E-state index is 9.16. The summed E-state index contributed by atoms with van der Waals surface area (Å²) in [5, 5.41) is 27.5. The van der Waals surface area contributed by atoms with Gasteiger partial charge in [0.05, 0.1) is 19.8 Å². The van der Waals surface area contributed by atoms with E-state index >= 15 is 0 Å². The molecule has 28 heavy (non-hydrogen) atoms. The fourth-order valence-corrected chi connectivity index (χ4v) is 3.27. The molecule has 0 heterocycles. The molecule has 0 saturated carbocycles. The van der Waals surface area contributed by atoms with Crippen LogP contribution in [0.4, 0.5) is 0 Å². The molecule has 0 bridgehead atoms. The zero-order valence-electron chi connectivity index (χ0n) is 15.1. The van der Waals surface area contributed by atoms with Crippen LogP contribution in [-0.4, -0.2) is 15.3 Å². The van der Waals surface area contributed by atoms with Crippen LogP contribution in [0.5, 0.6) is 17.2 Å². The molecular formula is C21H21O6P. The van der Waals surface area contributed by atoms with Gasteiger partial charge in [0.2, 0.25) is 0 Å². The Hall–Kier alpha value is -2.63. The van der Waals surface area contributed by atoms with Crippen molar-refractivity contribution in [3.05, 3.63) is 89.5 Å². The molecule has 0 aliphatic rings. The monoisotopic (exact) mass is 400 g/mol. The number of hydrogen-bond acceptors (Lipinski definition) is 6. The smallest absolute Gasteiger partial charge is 0.409 e. The van der Waals surface area contributed by atoms with E-state index in [2.05, 4.69) is 0 Å². The second-order valence-electron chi connectivity index (χ2n) is 5.90. The molecule has 146 valence electrons. The normalized spacial score (nSPS) is 10.7. The van der Waals surface area contributed by atoms with Gasteiger partial charge < -0.3 is 28.9 Å². The van der Waals surface area contributed by atoms with Crippen molar-refractivity contribution in [3.63, 3.8) is 0 Å². The van der Waals surface area contributed by atoms with Crippen molar-refractivity contribution < 1.29 is 28.9 Å². The van der Waals surface area contributed by atoms with Crippen molar-refractivity contribution in [1.29, 1.82) is 0 Å². The van der Waals surface area contributed by atoms with Crippen LogP contribution in [0.3, 0.4) is 0 Å². The van der Waals surface area contributed by atoms with Crippen LogP contribution in [0.2, 0.25) is 0 Å². The Morgan fingerprint density at radius 2 is 0.714 bits per heavy atom. The zero-order valence-corrected chi connectivity index (χ0v) is 16.0. The van der Waals surface area contributed by atoms with Gasteiger partial charge in [-0.2, -0.15) is 0 Å². The summed E-state index contributed by atoms with van der Waals surface area (Å²) in [6.45, 7) is -0.136. The molecular weight excluding hydrogens is 379 g/mol. The van der Waals surface area contributed by atoms with Gasteiger partial charge in [0.15, 0.2) is 0 Å². The summed E-state index contributed by atoms with van der Waals surface area (Å²) in [5.74, 6) is 1.63. The number of aliphatic hydroxyl groups excluding tert-OH is 3. The molecule has 3 aromatic carbocycles. The quantitative estimate of drug-likeness (QED) is 0.472. The summed E-state index contributed by atoms with van der Waals surface area (Å²) < 4.78 is 17.6. The number of benzene rings is 3. The van der Waals surface area contributed by atoms with E-state index in [4.69, 9.17) is 28.9 Å². The van der Waals surface area contributed by atoms with Gasteiger partial charge in [-0.15, -0.1) is 0 Å². The maximum atomic E-state index is 9.16. The largest absolute Gasteiger partial charge is 0.530 e. The third kappa shape index (κ3) is 5.68. The lowest BCUT2D eigenvalue weighted by Gasteiger charge is -2.18. The summed E-state index contributed by atoms with van der Waals surface area (Å²) in [5.41, 5.74) is 2.33. The third-order valence-electron chi connectivity index (χ3n) is 3.86. The molecule has 3 N–H and O–H groups in total. The Labute approximate surface area is 164 Å². The number of aliphatic hydroxyl groups is 3. The van der Waals surface area contributed by atoms with Crippen molar-refractivity contribution in [2.24, 2.45) is 0 Å². The second-order valence-corrected chi connectivity index (χ2v) is 6.90. The predicted molar refractivity (Wildman–Crippen MR) is 106 cm³/mol. The zero-order chi connectivity index (χ0) is 19.8. The first-order valence-electron chi connectivity index (χ1n) is 8.63. The highest BCUT2D eigenvalue weighted by Crippen LogP contribution is 2.42. The van der Waals surface area contributed by atoms with Crippen LogP contribution in [0.15, 0.2) is 72.8 Å².